The molecule has 1 saturated heterocycles. The van der Waals surface area contributed by atoms with Gasteiger partial charge in [-0.15, -0.1) is 0 Å². The summed E-state index contributed by atoms with van der Waals surface area (Å²) in [5.41, 5.74) is 7.20. The largest absolute Gasteiger partial charge is 0.491 e. The average molecular weight is 304 g/mol. The molecule has 0 aliphatic carbocycles. The molecule has 1 aromatic rings. The first kappa shape index (κ1) is 16.8. The molecule has 1 aliphatic heterocycles. The van der Waals surface area contributed by atoms with Crippen molar-refractivity contribution in [1.82, 2.24) is 4.90 Å². The second-order valence-corrected chi connectivity index (χ2v) is 6.32. The van der Waals surface area contributed by atoms with Crippen molar-refractivity contribution in [2.45, 2.75) is 39.5 Å². The van der Waals surface area contributed by atoms with Crippen LogP contribution in [0.25, 0.3) is 0 Å². The van der Waals surface area contributed by atoms with Gasteiger partial charge in [0.15, 0.2) is 5.78 Å². The standard InChI is InChI=1S/C18H28N2O2/c1-3-11-22-18-7-6-15(12-16(18)19)17(21)8-10-20-9-4-5-14(2)13-20/h6-7,12,14H,3-5,8-11,13,19H2,1-2H3. The van der Waals surface area contributed by atoms with Crippen molar-refractivity contribution in [2.24, 2.45) is 5.92 Å². The number of Topliss-reactive ketones (excluding diaryl/α,β-unsaturated/α-hetero) is 1. The van der Waals surface area contributed by atoms with E-state index in [0.717, 1.165) is 32.0 Å². The molecule has 0 bridgehead atoms. The number of hydrogen-bond donors (Lipinski definition) is 1. The van der Waals surface area contributed by atoms with Crippen molar-refractivity contribution in [3.05, 3.63) is 23.8 Å². The van der Waals surface area contributed by atoms with Crippen LogP contribution in [0.3, 0.4) is 0 Å². The lowest BCUT2D eigenvalue weighted by molar-refractivity contribution is 0.0949. The lowest BCUT2D eigenvalue weighted by Gasteiger charge is -2.30. The number of anilines is 1. The number of nitrogen functional groups attached to an aromatic ring is 1. The third-order valence-corrected chi connectivity index (χ3v) is 4.19. The Morgan fingerprint density at radius 2 is 2.27 bits per heavy atom. The number of nitrogens with zero attached hydrogens (tertiary/aromatic N) is 1. The molecule has 0 spiro atoms. The predicted octanol–water partition coefficient (Wildman–Crippen LogP) is 3.36. The van der Waals surface area contributed by atoms with Gasteiger partial charge < -0.3 is 15.4 Å². The highest BCUT2D eigenvalue weighted by Crippen LogP contribution is 2.23. The number of ether oxygens (including phenoxy) is 1. The molecule has 2 rings (SSSR count). The second kappa shape index (κ2) is 8.18. The summed E-state index contributed by atoms with van der Waals surface area (Å²) < 4.78 is 5.54. The fourth-order valence-corrected chi connectivity index (χ4v) is 2.96. The molecule has 1 fully saturated rings. The molecule has 122 valence electrons. The number of rotatable bonds is 7. The number of nitrogens with two attached hydrogens (primary N) is 1. The highest BCUT2D eigenvalue weighted by molar-refractivity contribution is 5.97. The number of likely N-dealkylation sites (tertiary alicyclic amines) is 1. The Kier molecular flexibility index (Phi) is 6.25. The summed E-state index contributed by atoms with van der Waals surface area (Å²) in [5, 5.41) is 0. The van der Waals surface area contributed by atoms with Crippen LogP contribution in [0.4, 0.5) is 5.69 Å². The van der Waals surface area contributed by atoms with Gasteiger partial charge in [-0.2, -0.15) is 0 Å². The molecule has 0 radical (unpaired) electrons. The van der Waals surface area contributed by atoms with Crippen LogP contribution in [0.5, 0.6) is 5.75 Å². The molecule has 1 aliphatic rings. The zero-order valence-corrected chi connectivity index (χ0v) is 13.8. The highest BCUT2D eigenvalue weighted by Gasteiger charge is 2.17. The average Bonchev–Trinajstić information content (AvgIpc) is 2.51. The van der Waals surface area contributed by atoms with Crippen LogP contribution in [-0.4, -0.2) is 36.9 Å². The zero-order valence-electron chi connectivity index (χ0n) is 13.8. The molecule has 1 heterocycles. The van der Waals surface area contributed by atoms with Crippen LogP contribution < -0.4 is 10.5 Å². The van der Waals surface area contributed by atoms with Gasteiger partial charge in [-0.25, -0.2) is 0 Å². The number of carbonyl (C=O) groups excluding carboxylic acids is 1. The number of ketones is 1. The number of carbonyl (C=O) groups is 1. The van der Waals surface area contributed by atoms with Crippen LogP contribution in [0, 0.1) is 5.92 Å². The Morgan fingerprint density at radius 1 is 1.45 bits per heavy atom. The van der Waals surface area contributed by atoms with Crippen molar-refractivity contribution in [2.75, 3.05) is 32.0 Å². The minimum atomic E-state index is 0.159. The molecule has 22 heavy (non-hydrogen) atoms. The van der Waals surface area contributed by atoms with E-state index in [4.69, 9.17) is 10.5 Å². The second-order valence-electron chi connectivity index (χ2n) is 6.32. The van der Waals surface area contributed by atoms with Gasteiger partial charge in [0.2, 0.25) is 0 Å². The van der Waals surface area contributed by atoms with Crippen molar-refractivity contribution in [3.8, 4) is 5.75 Å². The molecule has 0 saturated carbocycles. The van der Waals surface area contributed by atoms with Gasteiger partial charge in [-0.1, -0.05) is 13.8 Å². The van der Waals surface area contributed by atoms with Crippen molar-refractivity contribution >= 4 is 11.5 Å². The zero-order chi connectivity index (χ0) is 15.9. The van der Waals surface area contributed by atoms with E-state index in [0.29, 0.717) is 30.0 Å². The fraction of sp³-hybridized carbons (Fsp3) is 0.611. The van der Waals surface area contributed by atoms with E-state index in [1.54, 1.807) is 12.1 Å². The van der Waals surface area contributed by atoms with Gasteiger partial charge in [-0.05, 0) is 49.9 Å². The molecule has 2 N–H and O–H groups in total. The first-order chi connectivity index (χ1) is 10.6. The van der Waals surface area contributed by atoms with E-state index < -0.39 is 0 Å². The van der Waals surface area contributed by atoms with Gasteiger partial charge >= 0.3 is 0 Å². The smallest absolute Gasteiger partial charge is 0.164 e. The van der Waals surface area contributed by atoms with Crippen molar-refractivity contribution in [1.29, 1.82) is 0 Å². The van der Waals surface area contributed by atoms with Gasteiger partial charge in [0.05, 0.1) is 12.3 Å². The van der Waals surface area contributed by atoms with Crippen LogP contribution in [0.1, 0.15) is 49.9 Å². The maximum Gasteiger partial charge on any atom is 0.164 e. The Bertz CT molecular complexity index is 502. The van der Waals surface area contributed by atoms with E-state index in [2.05, 4.69) is 18.7 Å². The minimum Gasteiger partial charge on any atom is -0.491 e. The van der Waals surface area contributed by atoms with E-state index in [9.17, 15) is 4.79 Å². The lowest BCUT2D eigenvalue weighted by Crippen LogP contribution is -2.35. The summed E-state index contributed by atoms with van der Waals surface area (Å²) in [6, 6.07) is 5.37. The molecule has 4 nitrogen and oxygen atoms in total. The van der Waals surface area contributed by atoms with Crippen LogP contribution in [-0.2, 0) is 0 Å². The van der Waals surface area contributed by atoms with Crippen molar-refractivity contribution < 1.29 is 9.53 Å². The monoisotopic (exact) mass is 304 g/mol. The maximum absolute atomic E-state index is 12.3. The van der Waals surface area contributed by atoms with Gasteiger partial charge in [0, 0.05) is 25.1 Å². The Morgan fingerprint density at radius 3 is 2.95 bits per heavy atom. The predicted molar refractivity (Wildman–Crippen MR) is 90.4 cm³/mol. The Balaban J connectivity index is 1.88. The summed E-state index contributed by atoms with van der Waals surface area (Å²) in [6.07, 6.45) is 4.04. The summed E-state index contributed by atoms with van der Waals surface area (Å²) in [6.45, 7) is 8.05. The third-order valence-electron chi connectivity index (χ3n) is 4.19. The SMILES string of the molecule is CCCOc1ccc(C(=O)CCN2CCCC(C)C2)cc1N. The Labute approximate surface area is 133 Å². The summed E-state index contributed by atoms with van der Waals surface area (Å²) in [4.78, 5) is 14.7. The third kappa shape index (κ3) is 4.73. The molecule has 4 heteroatoms. The van der Waals surface area contributed by atoms with Crippen molar-refractivity contribution in [3.63, 3.8) is 0 Å². The maximum atomic E-state index is 12.3. The number of benzene rings is 1. The topological polar surface area (TPSA) is 55.6 Å². The van der Waals surface area contributed by atoms with Gasteiger partial charge in [0.25, 0.3) is 0 Å². The first-order valence-electron chi connectivity index (χ1n) is 8.38. The minimum absolute atomic E-state index is 0.159. The molecular formula is C18H28N2O2. The molecule has 0 aromatic heterocycles. The molecule has 1 unspecified atom stereocenters. The number of piperidine rings is 1. The summed E-state index contributed by atoms with van der Waals surface area (Å²) >= 11 is 0. The Hall–Kier alpha value is -1.55. The van der Waals surface area contributed by atoms with Gasteiger partial charge in [-0.3, -0.25) is 4.79 Å². The summed E-state index contributed by atoms with van der Waals surface area (Å²) in [7, 11) is 0. The summed E-state index contributed by atoms with van der Waals surface area (Å²) in [5.74, 6) is 1.57. The van der Waals surface area contributed by atoms with E-state index in [1.807, 2.05) is 6.07 Å². The van der Waals surface area contributed by atoms with Gasteiger partial charge in [0.1, 0.15) is 5.75 Å². The first-order valence-corrected chi connectivity index (χ1v) is 8.38. The van der Waals surface area contributed by atoms with E-state index >= 15 is 0 Å². The van der Waals surface area contributed by atoms with E-state index in [1.165, 1.54) is 12.8 Å². The van der Waals surface area contributed by atoms with Crippen LogP contribution in [0.15, 0.2) is 18.2 Å². The van der Waals surface area contributed by atoms with E-state index in [-0.39, 0.29) is 5.78 Å². The molecule has 1 atom stereocenters. The highest BCUT2D eigenvalue weighted by atomic mass is 16.5. The van der Waals surface area contributed by atoms with Crippen LogP contribution in [0.2, 0.25) is 0 Å². The lowest BCUT2D eigenvalue weighted by atomic mass is 9.99. The fourth-order valence-electron chi connectivity index (χ4n) is 2.96. The number of hydrogen-bond acceptors (Lipinski definition) is 4. The van der Waals surface area contributed by atoms with Crippen LogP contribution >= 0.6 is 0 Å². The normalized spacial score (nSPS) is 19.1. The molecular weight excluding hydrogens is 276 g/mol. The molecule has 0 amide bonds. The molecule has 1 aromatic carbocycles. The quantitative estimate of drug-likeness (QED) is 0.620.